The van der Waals surface area contributed by atoms with Crippen LogP contribution in [-0.2, 0) is 0 Å². The number of alkyl halides is 2. The number of nitrogen functional groups attached to an aromatic ring is 1. The van der Waals surface area contributed by atoms with Crippen molar-refractivity contribution in [1.82, 2.24) is 15.0 Å². The number of halogens is 2. The first-order valence-electron chi connectivity index (χ1n) is 9.71. The third-order valence-corrected chi connectivity index (χ3v) is 3.81. The molecule has 0 aliphatic carbocycles. The van der Waals surface area contributed by atoms with Crippen molar-refractivity contribution in [1.29, 1.82) is 5.41 Å². The molecule has 2 rings (SSSR count). The largest absolute Gasteiger partial charge is 0.383 e. The van der Waals surface area contributed by atoms with Crippen LogP contribution in [-0.4, -0.2) is 41.2 Å². The zero-order chi connectivity index (χ0) is 22.6. The van der Waals surface area contributed by atoms with E-state index in [1.807, 2.05) is 27.7 Å². The number of hydrogen-bond acceptors (Lipinski definition) is 7. The number of nitrogens with one attached hydrogen (secondary N) is 2. The van der Waals surface area contributed by atoms with Crippen LogP contribution in [0.4, 0.5) is 26.2 Å². The summed E-state index contributed by atoms with van der Waals surface area (Å²) in [4.78, 5) is 14.0. The van der Waals surface area contributed by atoms with Crippen molar-refractivity contribution in [2.75, 3.05) is 29.5 Å². The smallest absolute Gasteiger partial charge is 0.255 e. The molecule has 0 spiro atoms. The van der Waals surface area contributed by atoms with Gasteiger partial charge in [-0.1, -0.05) is 33.8 Å². The van der Waals surface area contributed by atoms with Gasteiger partial charge in [-0.3, -0.25) is 0 Å². The maximum Gasteiger partial charge on any atom is 0.255 e. The fourth-order valence-electron chi connectivity index (χ4n) is 2.64. The predicted molar refractivity (Wildman–Crippen MR) is 117 cm³/mol. The Labute approximate surface area is 172 Å². The molecule has 0 aromatic carbocycles. The second-order valence-corrected chi connectivity index (χ2v) is 5.45. The third kappa shape index (κ3) is 6.92. The Balaban J connectivity index is 0.00000184. The van der Waals surface area contributed by atoms with E-state index in [1.165, 1.54) is 4.90 Å². The molecule has 9 heteroatoms. The van der Waals surface area contributed by atoms with E-state index >= 15 is 0 Å². The molecule has 0 saturated carbocycles. The molecule has 0 bridgehead atoms. The molecule has 7 nitrogen and oxygen atoms in total. The summed E-state index contributed by atoms with van der Waals surface area (Å²) in [5, 5.41) is 10.5. The van der Waals surface area contributed by atoms with Crippen LogP contribution < -0.4 is 16.0 Å². The minimum atomic E-state index is -2.59. The molecule has 4 N–H and O–H groups in total. The van der Waals surface area contributed by atoms with E-state index in [4.69, 9.17) is 11.1 Å². The molecule has 0 radical (unpaired) electrons. The number of aryl methyl sites for hydroxylation is 1. The third-order valence-electron chi connectivity index (χ3n) is 3.81. The number of pyridine rings is 1. The van der Waals surface area contributed by atoms with E-state index in [-0.39, 0.29) is 11.6 Å². The average molecular weight is 410 g/mol. The van der Waals surface area contributed by atoms with Crippen LogP contribution in [0.1, 0.15) is 57.6 Å². The molecular weight excluding hydrogens is 376 g/mol. The van der Waals surface area contributed by atoms with E-state index in [0.717, 1.165) is 6.21 Å². The van der Waals surface area contributed by atoms with Crippen molar-refractivity contribution < 1.29 is 8.78 Å². The highest BCUT2D eigenvalue weighted by molar-refractivity contribution is 5.91. The van der Waals surface area contributed by atoms with E-state index in [1.54, 1.807) is 39.2 Å². The number of rotatable bonds is 7. The Bertz CT molecular complexity index is 754. The van der Waals surface area contributed by atoms with Crippen molar-refractivity contribution >= 4 is 23.7 Å². The number of anilines is 3. The van der Waals surface area contributed by atoms with Crippen LogP contribution in [0.3, 0.4) is 0 Å². The molecule has 2 heterocycles. The van der Waals surface area contributed by atoms with Crippen molar-refractivity contribution in [2.24, 2.45) is 0 Å². The Hall–Kier alpha value is -2.84. The van der Waals surface area contributed by atoms with Crippen molar-refractivity contribution in [3.63, 3.8) is 0 Å². The Morgan fingerprint density at radius 1 is 1.24 bits per heavy atom. The normalized spacial score (nSPS) is 10.8. The molecule has 0 aliphatic heterocycles. The van der Waals surface area contributed by atoms with E-state index in [0.29, 0.717) is 22.8 Å². The first-order valence-corrected chi connectivity index (χ1v) is 9.71. The highest BCUT2D eigenvalue weighted by Gasteiger charge is 2.26. The Morgan fingerprint density at radius 2 is 1.86 bits per heavy atom. The first-order chi connectivity index (χ1) is 13.9. The lowest BCUT2D eigenvalue weighted by Gasteiger charge is -2.32. The van der Waals surface area contributed by atoms with Gasteiger partial charge in [0, 0.05) is 25.0 Å². The quantitative estimate of drug-likeness (QED) is 0.573. The zero-order valence-corrected chi connectivity index (χ0v) is 18.3. The van der Waals surface area contributed by atoms with Crippen LogP contribution >= 0.6 is 0 Å². The van der Waals surface area contributed by atoms with Crippen LogP contribution in [0.5, 0.6) is 0 Å². The molecule has 29 heavy (non-hydrogen) atoms. The fourth-order valence-corrected chi connectivity index (χ4v) is 2.64. The second-order valence-electron chi connectivity index (χ2n) is 5.45. The summed E-state index contributed by atoms with van der Waals surface area (Å²) in [5.74, 6) is 1.34. The van der Waals surface area contributed by atoms with Gasteiger partial charge in [0.1, 0.15) is 23.3 Å². The number of nitrogens with two attached hydrogens (primary N) is 1. The topological polar surface area (TPSA) is 104 Å². The lowest BCUT2D eigenvalue weighted by molar-refractivity contribution is 0.152. The summed E-state index contributed by atoms with van der Waals surface area (Å²) in [5.41, 5.74) is 6.86. The molecule has 2 aromatic heterocycles. The van der Waals surface area contributed by atoms with Crippen molar-refractivity contribution in [2.45, 2.75) is 54.0 Å². The van der Waals surface area contributed by atoms with Crippen LogP contribution in [0.15, 0.2) is 18.3 Å². The first kappa shape index (κ1) is 26.2. The molecule has 1 unspecified atom stereocenters. The molecule has 0 aliphatic rings. The predicted octanol–water partition coefficient (Wildman–Crippen LogP) is 4.69. The number of hydrogen-bond donors (Lipinski definition) is 3. The van der Waals surface area contributed by atoms with Gasteiger partial charge in [-0.05, 0) is 19.9 Å². The van der Waals surface area contributed by atoms with Gasteiger partial charge in [0.15, 0.2) is 0 Å². The second kappa shape index (κ2) is 13.4. The van der Waals surface area contributed by atoms with Gasteiger partial charge in [0.2, 0.25) is 0 Å². The lowest BCUT2D eigenvalue weighted by atomic mass is 10.1. The summed E-state index contributed by atoms with van der Waals surface area (Å²) in [6.45, 7) is 10.9. The molecule has 1 atom stereocenters. The minimum absolute atomic E-state index is 0.253. The summed E-state index contributed by atoms with van der Waals surface area (Å²) < 4.78 is 26.5. The number of aromatic nitrogens is 3. The van der Waals surface area contributed by atoms with Gasteiger partial charge >= 0.3 is 0 Å². The van der Waals surface area contributed by atoms with E-state index < -0.39 is 19.0 Å². The average Bonchev–Trinajstić information content (AvgIpc) is 2.74. The maximum absolute atomic E-state index is 13.3. The highest BCUT2D eigenvalue weighted by atomic mass is 19.3. The highest BCUT2D eigenvalue weighted by Crippen LogP contribution is 2.32. The van der Waals surface area contributed by atoms with Gasteiger partial charge < -0.3 is 21.4 Å². The lowest BCUT2D eigenvalue weighted by Crippen LogP contribution is -2.34. The summed E-state index contributed by atoms with van der Waals surface area (Å²) >= 11 is 0. The molecule has 0 fully saturated rings. The van der Waals surface area contributed by atoms with E-state index in [2.05, 4.69) is 20.3 Å². The zero-order valence-electron chi connectivity index (χ0n) is 18.3. The van der Waals surface area contributed by atoms with Crippen molar-refractivity contribution in [3.05, 3.63) is 35.3 Å². The van der Waals surface area contributed by atoms with Crippen molar-refractivity contribution in [3.8, 4) is 0 Å². The fraction of sp³-hybridized carbons (Fsp3) is 0.500. The molecule has 162 valence electrons. The molecule has 0 saturated heterocycles. The molecule has 2 aromatic rings. The van der Waals surface area contributed by atoms with Gasteiger partial charge in [0.25, 0.3) is 6.43 Å². The number of nitrogens with zero attached hydrogens (tertiary/aromatic N) is 4. The van der Waals surface area contributed by atoms with Gasteiger partial charge in [0.05, 0.1) is 18.2 Å². The van der Waals surface area contributed by atoms with Crippen LogP contribution in [0, 0.1) is 12.3 Å². The maximum atomic E-state index is 13.3. The Kier molecular flexibility index (Phi) is 12.0. The van der Waals surface area contributed by atoms with Gasteiger partial charge in [-0.2, -0.15) is 0 Å². The van der Waals surface area contributed by atoms with Crippen LogP contribution in [0.25, 0.3) is 0 Å². The standard InChI is InChI=1S/C16H21F2N7.2C2H6/c1-9(11-5-4-6-22-14(11)20)25(8-13(17)18)16-12(7-19)15(21-3)23-10(2)24-16;2*1-2/h4-7,9,13,19H,8H2,1-3H3,(H2,20,22)(H,21,23,24);2*1-2H3. The van der Waals surface area contributed by atoms with Gasteiger partial charge in [-0.25, -0.2) is 23.7 Å². The molecular formula is C20H33F2N7. The summed E-state index contributed by atoms with van der Waals surface area (Å²) in [7, 11) is 1.65. The monoisotopic (exact) mass is 409 g/mol. The van der Waals surface area contributed by atoms with E-state index in [9.17, 15) is 8.78 Å². The summed E-state index contributed by atoms with van der Waals surface area (Å²) in [6, 6.07) is 2.92. The minimum Gasteiger partial charge on any atom is -0.383 e. The van der Waals surface area contributed by atoms with Crippen LogP contribution in [0.2, 0.25) is 0 Å². The molecule has 0 amide bonds. The Morgan fingerprint density at radius 3 is 2.34 bits per heavy atom. The summed E-state index contributed by atoms with van der Waals surface area (Å²) in [6.07, 6.45) is 0.00507. The van der Waals surface area contributed by atoms with Gasteiger partial charge in [-0.15, -0.1) is 0 Å². The SMILES string of the molecule is CC.CC.CNc1nc(C)nc(N(CC(F)F)C(C)c2cccnc2N)c1C=N.